The number of nitrogens with one attached hydrogen (secondary N) is 1. The third-order valence-corrected chi connectivity index (χ3v) is 3.61. The number of urea groups is 1. The van der Waals surface area contributed by atoms with Gasteiger partial charge in [0.05, 0.1) is 30.9 Å². The maximum atomic E-state index is 12.7. The Kier molecular flexibility index (Phi) is 5.30. The largest absolute Gasteiger partial charge is 0.416 e. The summed E-state index contributed by atoms with van der Waals surface area (Å²) in [6.07, 6.45) is -3.43. The molecule has 1 fully saturated rings. The maximum Gasteiger partial charge on any atom is 0.416 e. The van der Waals surface area contributed by atoms with Crippen LogP contribution in [0.1, 0.15) is 24.2 Å². The van der Waals surface area contributed by atoms with Gasteiger partial charge in [-0.05, 0) is 24.6 Å². The van der Waals surface area contributed by atoms with E-state index in [1.54, 1.807) is 24.0 Å². The molecule has 7 heteroatoms. The molecule has 1 N–H and O–H groups in total. The van der Waals surface area contributed by atoms with E-state index in [0.29, 0.717) is 25.2 Å². The second-order valence-electron chi connectivity index (χ2n) is 5.40. The lowest BCUT2D eigenvalue weighted by molar-refractivity contribution is -0.137. The van der Waals surface area contributed by atoms with E-state index in [0.717, 1.165) is 12.1 Å². The predicted molar refractivity (Wildman–Crippen MR) is 79.9 cm³/mol. The van der Waals surface area contributed by atoms with Crippen molar-refractivity contribution < 1.29 is 22.7 Å². The molecule has 23 heavy (non-hydrogen) atoms. The first-order valence-corrected chi connectivity index (χ1v) is 7.27. The lowest BCUT2D eigenvalue weighted by atomic mass is 10.1. The third-order valence-electron chi connectivity index (χ3n) is 3.61. The predicted octanol–water partition coefficient (Wildman–Crippen LogP) is 3.36. The number of halogens is 3. The third kappa shape index (κ3) is 4.48. The Hall–Kier alpha value is -2.02. The van der Waals surface area contributed by atoms with Gasteiger partial charge in [-0.2, -0.15) is 13.2 Å². The molecule has 1 saturated heterocycles. The quantitative estimate of drug-likeness (QED) is 0.842. The van der Waals surface area contributed by atoms with E-state index in [-0.39, 0.29) is 12.1 Å². The van der Waals surface area contributed by atoms with E-state index in [1.807, 2.05) is 0 Å². The molecular formula is C16H19F3N2O2. The average molecular weight is 328 g/mol. The second kappa shape index (κ2) is 7.04. The maximum absolute atomic E-state index is 12.7. The molecule has 0 aromatic heterocycles. The standard InChI is InChI=1S/C16H19F3N2O2/c1-3-7-20-15(22)21-9-14(10-21)23-11(2)12-5-4-6-13(8-12)16(17,18)19/h3-6,8,11,14H,1,7,9-10H2,2H3,(H,20,22)/t11-/m0/s1. The van der Waals surface area contributed by atoms with Gasteiger partial charge in [-0.15, -0.1) is 6.58 Å². The Labute approximate surface area is 132 Å². The number of carbonyl (C=O) groups is 1. The van der Waals surface area contributed by atoms with Crippen LogP contribution in [0.5, 0.6) is 0 Å². The molecule has 1 heterocycles. The fourth-order valence-corrected chi connectivity index (χ4v) is 2.30. The fraction of sp³-hybridized carbons (Fsp3) is 0.438. The summed E-state index contributed by atoms with van der Waals surface area (Å²) in [5.74, 6) is 0. The molecule has 1 aromatic carbocycles. The summed E-state index contributed by atoms with van der Waals surface area (Å²) in [5.41, 5.74) is -0.223. The number of likely N-dealkylation sites (tertiary alicyclic amines) is 1. The number of amides is 2. The zero-order valence-corrected chi connectivity index (χ0v) is 12.8. The molecule has 1 aliphatic heterocycles. The minimum absolute atomic E-state index is 0.172. The summed E-state index contributed by atoms with van der Waals surface area (Å²) < 4.78 is 43.9. The number of nitrogens with zero attached hydrogens (tertiary/aromatic N) is 1. The van der Waals surface area contributed by atoms with Crippen molar-refractivity contribution in [2.75, 3.05) is 19.6 Å². The van der Waals surface area contributed by atoms with Crippen LogP contribution in [0.25, 0.3) is 0 Å². The first-order chi connectivity index (χ1) is 10.8. The van der Waals surface area contributed by atoms with Crippen molar-refractivity contribution in [3.8, 4) is 0 Å². The van der Waals surface area contributed by atoms with Crippen LogP contribution >= 0.6 is 0 Å². The lowest BCUT2D eigenvalue weighted by Gasteiger charge is -2.40. The number of hydrogen-bond acceptors (Lipinski definition) is 2. The number of benzene rings is 1. The Balaban J connectivity index is 1.86. The first-order valence-electron chi connectivity index (χ1n) is 7.27. The Morgan fingerprint density at radius 2 is 2.22 bits per heavy atom. The second-order valence-corrected chi connectivity index (χ2v) is 5.40. The molecule has 4 nitrogen and oxygen atoms in total. The van der Waals surface area contributed by atoms with Crippen molar-refractivity contribution in [3.63, 3.8) is 0 Å². The molecule has 1 aliphatic rings. The van der Waals surface area contributed by atoms with Crippen molar-refractivity contribution in [2.45, 2.75) is 25.3 Å². The molecule has 0 bridgehead atoms. The summed E-state index contributed by atoms with van der Waals surface area (Å²) in [7, 11) is 0. The Morgan fingerprint density at radius 3 is 2.83 bits per heavy atom. The fourth-order valence-electron chi connectivity index (χ4n) is 2.30. The van der Waals surface area contributed by atoms with Gasteiger partial charge < -0.3 is 15.0 Å². The van der Waals surface area contributed by atoms with E-state index >= 15 is 0 Å². The van der Waals surface area contributed by atoms with Crippen molar-refractivity contribution >= 4 is 6.03 Å². The molecule has 0 radical (unpaired) electrons. The van der Waals surface area contributed by atoms with E-state index in [4.69, 9.17) is 4.74 Å². The molecule has 0 aliphatic carbocycles. The topological polar surface area (TPSA) is 41.6 Å². The van der Waals surface area contributed by atoms with E-state index in [1.165, 1.54) is 6.07 Å². The van der Waals surface area contributed by atoms with Gasteiger partial charge in [0.2, 0.25) is 0 Å². The van der Waals surface area contributed by atoms with Gasteiger partial charge in [-0.25, -0.2) is 4.79 Å². The first kappa shape index (κ1) is 17.3. The highest BCUT2D eigenvalue weighted by Crippen LogP contribution is 2.32. The van der Waals surface area contributed by atoms with E-state index < -0.39 is 17.8 Å². The number of hydrogen-bond donors (Lipinski definition) is 1. The Morgan fingerprint density at radius 1 is 1.52 bits per heavy atom. The molecule has 0 spiro atoms. The molecular weight excluding hydrogens is 309 g/mol. The minimum atomic E-state index is -4.37. The minimum Gasteiger partial charge on any atom is -0.367 e. The van der Waals surface area contributed by atoms with Crippen LogP contribution in [0, 0.1) is 0 Å². The normalized spacial score (nSPS) is 16.6. The smallest absolute Gasteiger partial charge is 0.367 e. The van der Waals surface area contributed by atoms with Crippen molar-refractivity contribution in [1.82, 2.24) is 10.2 Å². The van der Waals surface area contributed by atoms with Crippen molar-refractivity contribution in [2.24, 2.45) is 0 Å². The molecule has 1 atom stereocenters. The van der Waals surface area contributed by atoms with Gasteiger partial charge in [-0.3, -0.25) is 0 Å². The van der Waals surface area contributed by atoms with Gasteiger partial charge in [0.25, 0.3) is 0 Å². The van der Waals surface area contributed by atoms with Gasteiger partial charge >= 0.3 is 12.2 Å². The summed E-state index contributed by atoms with van der Waals surface area (Å²) in [6, 6.07) is 4.90. The zero-order valence-electron chi connectivity index (χ0n) is 12.8. The van der Waals surface area contributed by atoms with Gasteiger partial charge in [0, 0.05) is 6.54 Å². The molecule has 2 rings (SSSR count). The zero-order chi connectivity index (χ0) is 17.0. The molecule has 2 amide bonds. The Bertz CT molecular complexity index is 569. The molecule has 1 aromatic rings. The van der Waals surface area contributed by atoms with Crippen LogP contribution in [0.4, 0.5) is 18.0 Å². The van der Waals surface area contributed by atoms with Gasteiger partial charge in [0.15, 0.2) is 0 Å². The highest BCUT2D eigenvalue weighted by atomic mass is 19.4. The number of ether oxygens (including phenoxy) is 1. The SMILES string of the molecule is C=CCNC(=O)N1CC(O[C@@H](C)c2cccc(C(F)(F)F)c2)C1. The van der Waals surface area contributed by atoms with Crippen LogP contribution in [0.2, 0.25) is 0 Å². The number of alkyl halides is 3. The highest BCUT2D eigenvalue weighted by molar-refractivity contribution is 5.75. The van der Waals surface area contributed by atoms with Gasteiger partial charge in [-0.1, -0.05) is 18.2 Å². The highest BCUT2D eigenvalue weighted by Gasteiger charge is 2.34. The average Bonchev–Trinajstić information content (AvgIpc) is 2.47. The van der Waals surface area contributed by atoms with Crippen LogP contribution in [0.15, 0.2) is 36.9 Å². The lowest BCUT2D eigenvalue weighted by Crippen LogP contribution is -2.57. The van der Waals surface area contributed by atoms with Crippen LogP contribution in [-0.2, 0) is 10.9 Å². The summed E-state index contributed by atoms with van der Waals surface area (Å²) in [4.78, 5) is 13.2. The summed E-state index contributed by atoms with van der Waals surface area (Å²) in [5, 5.41) is 2.65. The molecule has 0 unspecified atom stereocenters. The summed E-state index contributed by atoms with van der Waals surface area (Å²) >= 11 is 0. The van der Waals surface area contributed by atoms with E-state index in [9.17, 15) is 18.0 Å². The van der Waals surface area contributed by atoms with Crippen LogP contribution in [-0.4, -0.2) is 36.7 Å². The monoisotopic (exact) mass is 328 g/mol. The van der Waals surface area contributed by atoms with Crippen LogP contribution < -0.4 is 5.32 Å². The molecule has 126 valence electrons. The van der Waals surface area contributed by atoms with Crippen molar-refractivity contribution in [3.05, 3.63) is 48.0 Å². The molecule has 0 saturated carbocycles. The van der Waals surface area contributed by atoms with Crippen molar-refractivity contribution in [1.29, 1.82) is 0 Å². The number of rotatable bonds is 5. The summed E-state index contributed by atoms with van der Waals surface area (Å²) in [6.45, 7) is 6.45. The van der Waals surface area contributed by atoms with Gasteiger partial charge in [0.1, 0.15) is 0 Å². The van der Waals surface area contributed by atoms with E-state index in [2.05, 4.69) is 11.9 Å². The number of carbonyl (C=O) groups excluding carboxylic acids is 1. The van der Waals surface area contributed by atoms with Crippen LogP contribution in [0.3, 0.4) is 0 Å².